The van der Waals surface area contributed by atoms with Crippen molar-refractivity contribution in [1.29, 1.82) is 0 Å². The van der Waals surface area contributed by atoms with Gasteiger partial charge in [-0.25, -0.2) is 18.6 Å². The van der Waals surface area contributed by atoms with Crippen LogP contribution in [0.5, 0.6) is 0 Å². The van der Waals surface area contributed by atoms with Crippen molar-refractivity contribution in [3.63, 3.8) is 0 Å². The molecule has 3 aliphatic rings. The number of aromatic nitrogens is 1. The van der Waals surface area contributed by atoms with Gasteiger partial charge in [-0.15, -0.1) is 0 Å². The SMILES string of the molecule is C[C@@H]1CCCN1c1ccc(NC(=O)OC2CN(c3cc(F)c(C4CCC(=O)NC4=O)c(F)c3)C2)cn1. The highest BCUT2D eigenvalue weighted by molar-refractivity contribution is 6.01. The average molecular weight is 500 g/mol. The molecule has 1 aromatic carbocycles. The molecule has 3 fully saturated rings. The Bertz CT molecular complexity index is 1160. The molecule has 9 nitrogen and oxygen atoms in total. The van der Waals surface area contributed by atoms with Crippen molar-refractivity contribution < 1.29 is 27.9 Å². The Labute approximate surface area is 206 Å². The molecule has 36 heavy (non-hydrogen) atoms. The van der Waals surface area contributed by atoms with Crippen LogP contribution in [0.1, 0.15) is 44.1 Å². The van der Waals surface area contributed by atoms with Gasteiger partial charge in [-0.1, -0.05) is 0 Å². The molecule has 0 spiro atoms. The molecule has 0 bridgehead atoms. The number of ether oxygens (including phenoxy) is 1. The summed E-state index contributed by atoms with van der Waals surface area (Å²) in [5.74, 6) is -3.02. The normalized spacial score (nSPS) is 22.3. The Kier molecular flexibility index (Phi) is 6.46. The molecule has 2 aromatic rings. The van der Waals surface area contributed by atoms with Gasteiger partial charge in [0.25, 0.3) is 0 Å². The number of pyridine rings is 1. The highest BCUT2D eigenvalue weighted by Gasteiger charge is 2.35. The van der Waals surface area contributed by atoms with Crippen LogP contribution in [0, 0.1) is 11.6 Å². The Balaban J connectivity index is 1.13. The number of hydrogen-bond donors (Lipinski definition) is 2. The molecular weight excluding hydrogens is 472 g/mol. The van der Waals surface area contributed by atoms with Gasteiger partial charge < -0.3 is 14.5 Å². The fraction of sp³-hybridized carbons (Fsp3) is 0.440. The maximum absolute atomic E-state index is 14.7. The second-order valence-electron chi connectivity index (χ2n) is 9.47. The van der Waals surface area contributed by atoms with Crippen molar-refractivity contribution in [3.8, 4) is 0 Å². The van der Waals surface area contributed by atoms with Gasteiger partial charge in [0.15, 0.2) is 0 Å². The predicted molar refractivity (Wildman–Crippen MR) is 128 cm³/mol. The van der Waals surface area contributed by atoms with Crippen LogP contribution in [-0.4, -0.2) is 54.7 Å². The molecule has 3 amide bonds. The van der Waals surface area contributed by atoms with Crippen molar-refractivity contribution in [2.45, 2.75) is 50.7 Å². The number of nitrogens with one attached hydrogen (secondary N) is 2. The number of imide groups is 1. The van der Waals surface area contributed by atoms with E-state index in [1.54, 1.807) is 17.2 Å². The second kappa shape index (κ2) is 9.71. The summed E-state index contributed by atoms with van der Waals surface area (Å²) in [6.45, 7) is 3.67. The van der Waals surface area contributed by atoms with Crippen LogP contribution in [0.2, 0.25) is 0 Å². The van der Waals surface area contributed by atoms with Gasteiger partial charge in [0.2, 0.25) is 11.8 Å². The monoisotopic (exact) mass is 499 g/mol. The Hall–Kier alpha value is -3.76. The van der Waals surface area contributed by atoms with Crippen molar-refractivity contribution in [1.82, 2.24) is 10.3 Å². The van der Waals surface area contributed by atoms with Crippen LogP contribution in [-0.2, 0) is 14.3 Å². The molecule has 2 atom stereocenters. The van der Waals surface area contributed by atoms with Gasteiger partial charge >= 0.3 is 6.09 Å². The van der Waals surface area contributed by atoms with Crippen molar-refractivity contribution in [3.05, 3.63) is 47.7 Å². The third kappa shape index (κ3) is 4.82. The lowest BCUT2D eigenvalue weighted by atomic mass is 9.89. The van der Waals surface area contributed by atoms with E-state index in [2.05, 4.69) is 27.4 Å². The number of nitrogens with zero attached hydrogens (tertiary/aromatic N) is 3. The minimum absolute atomic E-state index is 0.0299. The largest absolute Gasteiger partial charge is 0.442 e. The molecule has 1 unspecified atom stereocenters. The lowest BCUT2D eigenvalue weighted by Crippen LogP contribution is -2.53. The molecule has 3 saturated heterocycles. The zero-order chi connectivity index (χ0) is 25.4. The van der Waals surface area contributed by atoms with Gasteiger partial charge in [-0.2, -0.15) is 0 Å². The molecule has 0 radical (unpaired) electrons. The third-order valence-corrected chi connectivity index (χ3v) is 6.98. The van der Waals surface area contributed by atoms with Gasteiger partial charge in [-0.05, 0) is 50.5 Å². The summed E-state index contributed by atoms with van der Waals surface area (Å²) >= 11 is 0. The van der Waals surface area contributed by atoms with E-state index in [9.17, 15) is 23.2 Å². The average Bonchev–Trinajstić information content (AvgIpc) is 3.23. The zero-order valence-corrected chi connectivity index (χ0v) is 19.8. The topological polar surface area (TPSA) is 104 Å². The minimum atomic E-state index is -1.05. The molecule has 4 heterocycles. The van der Waals surface area contributed by atoms with E-state index in [1.807, 2.05) is 6.07 Å². The number of piperidine rings is 1. The fourth-order valence-electron chi connectivity index (χ4n) is 4.98. The Morgan fingerprint density at radius 1 is 1.17 bits per heavy atom. The van der Waals surface area contributed by atoms with Crippen LogP contribution >= 0.6 is 0 Å². The summed E-state index contributed by atoms with van der Waals surface area (Å²) in [5, 5.41) is 4.77. The molecule has 2 N–H and O–H groups in total. The van der Waals surface area contributed by atoms with E-state index in [0.717, 1.165) is 37.3 Å². The predicted octanol–water partition coefficient (Wildman–Crippen LogP) is 3.31. The smallest absolute Gasteiger partial charge is 0.412 e. The third-order valence-electron chi connectivity index (χ3n) is 6.98. The summed E-state index contributed by atoms with van der Waals surface area (Å²) in [6.07, 6.45) is 2.87. The summed E-state index contributed by atoms with van der Waals surface area (Å²) in [6, 6.07) is 6.40. The van der Waals surface area contributed by atoms with Crippen molar-refractivity contribution in [2.75, 3.05) is 34.8 Å². The lowest BCUT2D eigenvalue weighted by Gasteiger charge is -2.40. The first-order valence-electron chi connectivity index (χ1n) is 12.1. The first-order valence-corrected chi connectivity index (χ1v) is 12.1. The maximum atomic E-state index is 14.7. The Morgan fingerprint density at radius 3 is 2.53 bits per heavy atom. The number of carbonyl (C=O) groups excluding carboxylic acids is 3. The molecule has 190 valence electrons. The van der Waals surface area contributed by atoms with E-state index >= 15 is 0 Å². The van der Waals surface area contributed by atoms with E-state index in [-0.39, 0.29) is 37.2 Å². The second-order valence-corrected chi connectivity index (χ2v) is 9.47. The van der Waals surface area contributed by atoms with E-state index in [0.29, 0.717) is 11.7 Å². The number of anilines is 3. The molecule has 0 saturated carbocycles. The summed E-state index contributed by atoms with van der Waals surface area (Å²) in [4.78, 5) is 43.9. The Morgan fingerprint density at radius 2 is 1.92 bits per heavy atom. The zero-order valence-electron chi connectivity index (χ0n) is 19.8. The van der Waals surface area contributed by atoms with E-state index in [4.69, 9.17) is 4.74 Å². The quantitative estimate of drug-likeness (QED) is 0.609. The number of rotatable bonds is 5. The maximum Gasteiger partial charge on any atom is 0.412 e. The molecular formula is C25H27F2N5O4. The minimum Gasteiger partial charge on any atom is -0.442 e. The van der Waals surface area contributed by atoms with Gasteiger partial charge in [-0.3, -0.25) is 20.2 Å². The van der Waals surface area contributed by atoms with E-state index < -0.39 is 41.6 Å². The molecule has 1 aromatic heterocycles. The first-order chi connectivity index (χ1) is 17.3. The summed E-state index contributed by atoms with van der Waals surface area (Å²) in [7, 11) is 0. The van der Waals surface area contributed by atoms with Crippen LogP contribution < -0.4 is 20.4 Å². The van der Waals surface area contributed by atoms with Crippen LogP contribution in [0.3, 0.4) is 0 Å². The van der Waals surface area contributed by atoms with Gasteiger partial charge in [0.05, 0.1) is 30.9 Å². The summed E-state index contributed by atoms with van der Waals surface area (Å²) < 4.78 is 34.9. The highest BCUT2D eigenvalue weighted by atomic mass is 19.1. The van der Waals surface area contributed by atoms with Crippen LogP contribution in [0.25, 0.3) is 0 Å². The number of amides is 3. The molecule has 5 rings (SSSR count). The molecule has 3 aliphatic heterocycles. The summed E-state index contributed by atoms with van der Waals surface area (Å²) in [5.41, 5.74) is 0.465. The number of benzene rings is 1. The van der Waals surface area contributed by atoms with Gasteiger partial charge in [0, 0.05) is 30.3 Å². The first kappa shape index (κ1) is 24.0. The van der Waals surface area contributed by atoms with Crippen LogP contribution in [0.4, 0.5) is 30.8 Å². The van der Waals surface area contributed by atoms with Crippen molar-refractivity contribution in [2.24, 2.45) is 0 Å². The standard InChI is InChI=1S/C25H27F2N5O4/c1-14-3-2-8-32(14)21-6-4-15(11-28-21)29-25(35)36-17-12-31(13-17)16-9-19(26)23(20(27)10-16)18-5-7-22(33)30-24(18)34/h4,6,9-11,14,17-18H,2-3,5,7-8,12-13H2,1H3,(H,29,35)(H,30,33,34)/t14-,18?/m1/s1. The highest BCUT2D eigenvalue weighted by Crippen LogP contribution is 2.33. The molecule has 0 aliphatic carbocycles. The number of hydrogen-bond acceptors (Lipinski definition) is 7. The fourth-order valence-corrected chi connectivity index (χ4v) is 4.98. The van der Waals surface area contributed by atoms with E-state index in [1.165, 1.54) is 0 Å². The van der Waals surface area contributed by atoms with Crippen LogP contribution in [0.15, 0.2) is 30.5 Å². The lowest BCUT2D eigenvalue weighted by molar-refractivity contribution is -0.134. The van der Waals surface area contributed by atoms with Crippen molar-refractivity contribution >= 4 is 35.1 Å². The number of carbonyl (C=O) groups is 3. The number of halogens is 2. The van der Waals surface area contributed by atoms with Gasteiger partial charge in [0.1, 0.15) is 23.6 Å². The molecule has 11 heteroatoms.